The summed E-state index contributed by atoms with van der Waals surface area (Å²) in [5.41, 5.74) is 6.98. The molecular formula is C14H19N3OS. The van der Waals surface area contributed by atoms with Crippen molar-refractivity contribution in [3.63, 3.8) is 0 Å². The minimum absolute atomic E-state index is 0.00176. The van der Waals surface area contributed by atoms with E-state index in [-0.39, 0.29) is 5.78 Å². The zero-order chi connectivity index (χ0) is 14.0. The summed E-state index contributed by atoms with van der Waals surface area (Å²) in [6.45, 7) is 4.88. The number of carbonyl (C=O) groups excluding carboxylic acids is 1. The number of anilines is 2. The van der Waals surface area contributed by atoms with E-state index < -0.39 is 0 Å². The fourth-order valence-electron chi connectivity index (χ4n) is 2.30. The number of hydrogen-bond acceptors (Lipinski definition) is 5. The fourth-order valence-corrected chi connectivity index (χ4v) is 3.37. The molecule has 0 spiro atoms. The Bertz CT molecular complexity index is 538. The summed E-state index contributed by atoms with van der Waals surface area (Å²) in [6, 6.07) is 2.11. The van der Waals surface area contributed by atoms with E-state index in [1.165, 1.54) is 30.6 Å². The summed E-state index contributed by atoms with van der Waals surface area (Å²) < 4.78 is 0. The number of nitrogens with one attached hydrogen (secondary N) is 1. The lowest BCUT2D eigenvalue weighted by Gasteiger charge is -2.38. The molecule has 1 fully saturated rings. The first-order valence-electron chi connectivity index (χ1n) is 6.60. The van der Waals surface area contributed by atoms with Gasteiger partial charge in [0, 0.05) is 13.0 Å². The van der Waals surface area contributed by atoms with Crippen molar-refractivity contribution in [1.82, 2.24) is 0 Å². The minimum Gasteiger partial charge on any atom is -0.396 e. The molecule has 19 heavy (non-hydrogen) atoms. The van der Waals surface area contributed by atoms with Gasteiger partial charge in [-0.3, -0.25) is 4.79 Å². The van der Waals surface area contributed by atoms with E-state index in [1.807, 2.05) is 0 Å². The molecule has 2 rings (SSSR count). The summed E-state index contributed by atoms with van der Waals surface area (Å²) in [5, 5.41) is 13.2. The van der Waals surface area contributed by atoms with E-state index in [1.54, 1.807) is 6.92 Å². The second-order valence-corrected chi connectivity index (χ2v) is 6.48. The van der Waals surface area contributed by atoms with Crippen LogP contribution in [0.4, 0.5) is 10.7 Å². The predicted molar refractivity (Wildman–Crippen MR) is 78.5 cm³/mol. The number of hydrogen-bond donors (Lipinski definition) is 2. The minimum atomic E-state index is 0.00176. The molecule has 4 nitrogen and oxygen atoms in total. The van der Waals surface area contributed by atoms with E-state index >= 15 is 0 Å². The van der Waals surface area contributed by atoms with Crippen LogP contribution in [-0.2, 0) is 0 Å². The first-order chi connectivity index (χ1) is 9.00. The highest BCUT2D eigenvalue weighted by Crippen LogP contribution is 2.42. The second kappa shape index (κ2) is 5.22. The van der Waals surface area contributed by atoms with Crippen LogP contribution in [0, 0.1) is 16.7 Å². The lowest BCUT2D eigenvalue weighted by Crippen LogP contribution is -2.33. The molecule has 0 aliphatic heterocycles. The summed E-state index contributed by atoms with van der Waals surface area (Å²) >= 11 is 1.31. The molecule has 0 amide bonds. The molecule has 0 aromatic carbocycles. The number of nitrogens with two attached hydrogens (primary N) is 1. The Morgan fingerprint density at radius 3 is 2.74 bits per heavy atom. The van der Waals surface area contributed by atoms with Gasteiger partial charge in [0.05, 0.1) is 10.6 Å². The summed E-state index contributed by atoms with van der Waals surface area (Å²) in [5.74, 6) is 0.00176. The van der Waals surface area contributed by atoms with Gasteiger partial charge in [-0.2, -0.15) is 5.26 Å². The molecule has 3 N–H and O–H groups in total. The number of thiophene rings is 1. The highest BCUT2D eigenvalue weighted by Gasteiger charge is 2.32. The summed E-state index contributed by atoms with van der Waals surface area (Å²) in [6.07, 6.45) is 4.11. The number of nitrogens with zero attached hydrogens (tertiary/aromatic N) is 1. The van der Waals surface area contributed by atoms with Gasteiger partial charge in [0.15, 0.2) is 5.78 Å². The van der Waals surface area contributed by atoms with E-state index in [0.29, 0.717) is 28.0 Å². The van der Waals surface area contributed by atoms with Crippen molar-refractivity contribution in [3.8, 4) is 6.07 Å². The normalized spacial score (nSPS) is 16.5. The Morgan fingerprint density at radius 1 is 1.58 bits per heavy atom. The van der Waals surface area contributed by atoms with Crippen LogP contribution >= 0.6 is 11.3 Å². The Morgan fingerprint density at radius 2 is 2.26 bits per heavy atom. The van der Waals surface area contributed by atoms with Gasteiger partial charge < -0.3 is 11.1 Å². The van der Waals surface area contributed by atoms with Crippen LogP contribution in [0.2, 0.25) is 0 Å². The smallest absolute Gasteiger partial charge is 0.174 e. The van der Waals surface area contributed by atoms with E-state index in [0.717, 1.165) is 11.5 Å². The Labute approximate surface area is 117 Å². The van der Waals surface area contributed by atoms with E-state index in [2.05, 4.69) is 18.3 Å². The highest BCUT2D eigenvalue weighted by molar-refractivity contribution is 7.19. The van der Waals surface area contributed by atoms with Crippen LogP contribution in [0.1, 0.15) is 54.8 Å². The lowest BCUT2D eigenvalue weighted by atomic mass is 9.70. The number of rotatable bonds is 5. The number of nitrogen functional groups attached to an aromatic ring is 1. The molecule has 1 saturated carbocycles. The fraction of sp³-hybridized carbons (Fsp3) is 0.571. The van der Waals surface area contributed by atoms with Crippen molar-refractivity contribution in [2.75, 3.05) is 17.6 Å². The molecule has 0 bridgehead atoms. The van der Waals surface area contributed by atoms with Crippen LogP contribution in [0.15, 0.2) is 0 Å². The molecule has 0 saturated heterocycles. The zero-order valence-electron chi connectivity index (χ0n) is 11.4. The maximum absolute atomic E-state index is 11.8. The standard InChI is InChI=1S/C14H19N3OS/c1-3-10(18)12-11(16)9(7-15)13(19-12)17-8-14(2)5-4-6-14/h17H,3-6,8,16H2,1-2H3. The SMILES string of the molecule is CCC(=O)c1sc(NCC2(C)CCC2)c(C#N)c1N. The lowest BCUT2D eigenvalue weighted by molar-refractivity contribution is 0.0993. The number of Topliss-reactive ketones (excluding diaryl/α,β-unsaturated/α-hetero) is 1. The first kappa shape index (κ1) is 13.9. The second-order valence-electron chi connectivity index (χ2n) is 5.46. The van der Waals surface area contributed by atoms with Crippen LogP contribution < -0.4 is 11.1 Å². The van der Waals surface area contributed by atoms with Crippen molar-refractivity contribution >= 4 is 27.8 Å². The number of nitriles is 1. The average molecular weight is 277 g/mol. The molecule has 5 heteroatoms. The van der Waals surface area contributed by atoms with Crippen LogP contribution in [-0.4, -0.2) is 12.3 Å². The van der Waals surface area contributed by atoms with Gasteiger partial charge in [0.25, 0.3) is 0 Å². The van der Waals surface area contributed by atoms with E-state index in [4.69, 9.17) is 5.73 Å². The van der Waals surface area contributed by atoms with Crippen molar-refractivity contribution < 1.29 is 4.79 Å². The van der Waals surface area contributed by atoms with Crippen molar-refractivity contribution in [3.05, 3.63) is 10.4 Å². The molecule has 1 heterocycles. The molecule has 0 atom stereocenters. The van der Waals surface area contributed by atoms with Crippen LogP contribution in [0.25, 0.3) is 0 Å². The topological polar surface area (TPSA) is 78.9 Å². The third-order valence-electron chi connectivity index (χ3n) is 3.87. The Balaban J connectivity index is 2.20. The Kier molecular flexibility index (Phi) is 3.81. The summed E-state index contributed by atoms with van der Waals surface area (Å²) in [4.78, 5) is 12.3. The van der Waals surface area contributed by atoms with Gasteiger partial charge in [-0.05, 0) is 18.3 Å². The zero-order valence-corrected chi connectivity index (χ0v) is 12.2. The highest BCUT2D eigenvalue weighted by atomic mass is 32.1. The monoisotopic (exact) mass is 277 g/mol. The van der Waals surface area contributed by atoms with Crippen LogP contribution in [0.3, 0.4) is 0 Å². The molecule has 102 valence electrons. The number of ketones is 1. The quantitative estimate of drug-likeness (QED) is 0.808. The summed E-state index contributed by atoms with van der Waals surface area (Å²) in [7, 11) is 0. The molecule has 1 aliphatic rings. The van der Waals surface area contributed by atoms with Crippen molar-refractivity contribution in [2.24, 2.45) is 5.41 Å². The molecule has 1 aliphatic carbocycles. The molecule has 0 unspecified atom stereocenters. The largest absolute Gasteiger partial charge is 0.396 e. The third-order valence-corrected chi connectivity index (χ3v) is 5.07. The maximum Gasteiger partial charge on any atom is 0.174 e. The molecule has 1 aromatic rings. The van der Waals surface area contributed by atoms with Gasteiger partial charge in [0.1, 0.15) is 16.6 Å². The van der Waals surface area contributed by atoms with Gasteiger partial charge in [-0.25, -0.2) is 0 Å². The van der Waals surface area contributed by atoms with Gasteiger partial charge in [-0.15, -0.1) is 11.3 Å². The maximum atomic E-state index is 11.8. The third kappa shape index (κ3) is 2.59. The average Bonchev–Trinajstić information content (AvgIpc) is 2.69. The van der Waals surface area contributed by atoms with Gasteiger partial charge in [0.2, 0.25) is 0 Å². The van der Waals surface area contributed by atoms with Gasteiger partial charge >= 0.3 is 0 Å². The molecular weight excluding hydrogens is 258 g/mol. The van der Waals surface area contributed by atoms with Crippen LogP contribution in [0.5, 0.6) is 0 Å². The van der Waals surface area contributed by atoms with Crippen molar-refractivity contribution in [2.45, 2.75) is 39.5 Å². The first-order valence-corrected chi connectivity index (χ1v) is 7.42. The van der Waals surface area contributed by atoms with E-state index in [9.17, 15) is 10.1 Å². The number of carbonyl (C=O) groups is 1. The molecule has 0 radical (unpaired) electrons. The van der Waals surface area contributed by atoms with Gasteiger partial charge in [-0.1, -0.05) is 20.3 Å². The predicted octanol–water partition coefficient (Wildman–Crippen LogP) is 3.40. The van der Waals surface area contributed by atoms with Crippen molar-refractivity contribution in [1.29, 1.82) is 5.26 Å². The molecule has 1 aromatic heterocycles. The Hall–Kier alpha value is -1.54.